The fourth-order valence-corrected chi connectivity index (χ4v) is 5.40. The van der Waals surface area contributed by atoms with Gasteiger partial charge in [-0.3, -0.25) is 0 Å². The molecule has 1 heterocycles. The Morgan fingerprint density at radius 2 is 1.57 bits per heavy atom. The van der Waals surface area contributed by atoms with Crippen LogP contribution in [0.2, 0.25) is 0 Å². The maximum absolute atomic E-state index is 12.5. The van der Waals surface area contributed by atoms with Gasteiger partial charge in [0.15, 0.2) is 0 Å². The number of hydrogen-bond acceptors (Lipinski definition) is 7. The van der Waals surface area contributed by atoms with Crippen LogP contribution in [0.3, 0.4) is 0 Å². The van der Waals surface area contributed by atoms with Crippen molar-refractivity contribution in [1.82, 2.24) is 14.9 Å². The lowest BCUT2D eigenvalue weighted by molar-refractivity contribution is -0.143. The molecule has 0 saturated heterocycles. The Balaban J connectivity index is 1.77. The van der Waals surface area contributed by atoms with Gasteiger partial charge in [0.05, 0.1) is 26.0 Å². The number of aromatic nitrogens is 2. The summed E-state index contributed by atoms with van der Waals surface area (Å²) >= 11 is 0. The van der Waals surface area contributed by atoms with Crippen molar-refractivity contribution in [2.45, 2.75) is 84.6 Å². The van der Waals surface area contributed by atoms with E-state index in [1.807, 2.05) is 59.3 Å². The van der Waals surface area contributed by atoms with E-state index < -0.39 is 33.7 Å². The Kier molecular flexibility index (Phi) is 14.7. The van der Waals surface area contributed by atoms with Crippen LogP contribution in [0.25, 0.3) is 22.6 Å². The lowest BCUT2D eigenvalue weighted by atomic mass is 10.0. The van der Waals surface area contributed by atoms with Gasteiger partial charge in [-0.2, -0.15) is 0 Å². The summed E-state index contributed by atoms with van der Waals surface area (Å²) in [7, 11) is 0.635. The second-order valence-corrected chi connectivity index (χ2v) is 18.3. The molecule has 9 nitrogen and oxygen atoms in total. The monoisotopic (exact) mass is 669 g/mol. The number of nitrogens with one attached hydrogen (secondary N) is 1. The predicted molar refractivity (Wildman–Crippen MR) is 192 cm³/mol. The van der Waals surface area contributed by atoms with Crippen molar-refractivity contribution in [2.24, 2.45) is 0 Å². The number of carbonyl (C=O) groups excluding carboxylic acids is 2. The van der Waals surface area contributed by atoms with Crippen molar-refractivity contribution < 1.29 is 28.5 Å². The maximum Gasteiger partial charge on any atom is 0.408 e. The largest absolute Gasteiger partial charge is 0.494 e. The number of nitrogens with zero attached hydrogens (tertiary/aromatic N) is 2. The van der Waals surface area contributed by atoms with Gasteiger partial charge < -0.3 is 28.8 Å². The van der Waals surface area contributed by atoms with Crippen molar-refractivity contribution in [3.63, 3.8) is 0 Å². The fourth-order valence-electron chi connectivity index (χ4n) is 4.78. The molecule has 0 fully saturated rings. The Hall–Kier alpha value is -3.50. The number of carbonyl (C=O) groups is 2. The highest BCUT2D eigenvalue weighted by molar-refractivity contribution is 8.32. The number of esters is 1. The first-order chi connectivity index (χ1) is 22.3. The first kappa shape index (κ1) is 38.0. The van der Waals surface area contributed by atoms with Crippen LogP contribution >= 0.6 is 10.0 Å². The summed E-state index contributed by atoms with van der Waals surface area (Å²) in [6.07, 6.45) is 14.5. The van der Waals surface area contributed by atoms with Crippen molar-refractivity contribution in [1.29, 1.82) is 0 Å². The minimum absolute atomic E-state index is 0.247. The van der Waals surface area contributed by atoms with Crippen molar-refractivity contribution in [3.8, 4) is 28.4 Å². The molecule has 0 saturated carbocycles. The summed E-state index contributed by atoms with van der Waals surface area (Å²) in [6, 6.07) is 15.0. The maximum atomic E-state index is 12.5. The first-order valence-corrected chi connectivity index (χ1v) is 19.5. The molecular formula is C37H55N3O6S. The molecule has 3 rings (SSSR count). The lowest BCUT2D eigenvalue weighted by Gasteiger charge is -2.24. The third-order valence-electron chi connectivity index (χ3n) is 7.34. The molecule has 0 aliphatic carbocycles. The molecule has 1 N–H and O–H groups in total. The molecule has 0 aliphatic rings. The number of rotatable bonds is 18. The van der Waals surface area contributed by atoms with Gasteiger partial charge in [0.25, 0.3) is 0 Å². The lowest BCUT2D eigenvalue weighted by Crippen LogP contribution is -2.45. The van der Waals surface area contributed by atoms with E-state index in [0.29, 0.717) is 13.3 Å². The quantitative estimate of drug-likeness (QED) is 0.109. The van der Waals surface area contributed by atoms with E-state index in [2.05, 4.69) is 31.0 Å². The van der Waals surface area contributed by atoms with Crippen LogP contribution in [0.5, 0.6) is 5.75 Å². The van der Waals surface area contributed by atoms with Gasteiger partial charge in [0.2, 0.25) is 0 Å². The van der Waals surface area contributed by atoms with Gasteiger partial charge in [0, 0.05) is 29.5 Å². The SMILES string of the molecule is CCCCCCCOc1ccc(-c2cn(COCCS(C)(C)C)c(-c3ccc(C[C@H](NC(=O)OC(C)(C)C)C(=O)OC)cc3)n2)cc1. The van der Waals surface area contributed by atoms with Crippen molar-refractivity contribution in [3.05, 3.63) is 60.3 Å². The molecule has 0 bridgehead atoms. The zero-order valence-corrected chi connectivity index (χ0v) is 30.4. The van der Waals surface area contributed by atoms with E-state index in [1.165, 1.54) is 32.8 Å². The Morgan fingerprint density at radius 3 is 2.19 bits per heavy atom. The summed E-state index contributed by atoms with van der Waals surface area (Å²) in [5.41, 5.74) is 2.90. The first-order valence-electron chi connectivity index (χ1n) is 16.5. The number of benzene rings is 2. The summed E-state index contributed by atoms with van der Waals surface area (Å²) < 4.78 is 24.4. The highest BCUT2D eigenvalue weighted by atomic mass is 32.3. The average Bonchev–Trinajstić information content (AvgIpc) is 3.43. The third-order valence-corrected chi connectivity index (χ3v) is 8.73. The standard InChI is InChI=1S/C37H55N3O6S/c1-9-10-11-12-13-22-45-31-20-18-29(19-21-31)33-26-40(27-44-23-24-47(6,7)8)34(38-33)30-16-14-28(15-17-30)25-32(35(41)43-5)39-36(42)46-37(2,3)4/h14-21,26,32H,9-13,22-25,27H2,1-8H3,(H,39,42)/t32-/m0/s1. The van der Waals surface area contributed by atoms with Crippen LogP contribution in [-0.2, 0) is 32.2 Å². The minimum atomic E-state index is -0.888. The van der Waals surface area contributed by atoms with E-state index in [9.17, 15) is 9.59 Å². The minimum Gasteiger partial charge on any atom is -0.494 e. The van der Waals surface area contributed by atoms with Crippen molar-refractivity contribution in [2.75, 3.05) is 44.8 Å². The van der Waals surface area contributed by atoms with Crippen LogP contribution < -0.4 is 10.1 Å². The van der Waals surface area contributed by atoms with Gasteiger partial charge >= 0.3 is 12.1 Å². The fraction of sp³-hybridized carbons (Fsp3) is 0.541. The van der Waals surface area contributed by atoms with E-state index in [-0.39, 0.29) is 6.42 Å². The second kappa shape index (κ2) is 18.2. The molecule has 47 heavy (non-hydrogen) atoms. The molecule has 0 unspecified atom stereocenters. The summed E-state index contributed by atoms with van der Waals surface area (Å²) in [6.45, 7) is 9.31. The molecule has 10 heteroatoms. The van der Waals surface area contributed by atoms with Crippen LogP contribution in [0.15, 0.2) is 54.7 Å². The van der Waals surface area contributed by atoms with Gasteiger partial charge in [0.1, 0.15) is 29.9 Å². The highest BCUT2D eigenvalue weighted by Crippen LogP contribution is 2.34. The molecule has 1 aromatic heterocycles. The predicted octanol–water partition coefficient (Wildman–Crippen LogP) is 7.84. The third kappa shape index (κ3) is 13.6. The summed E-state index contributed by atoms with van der Waals surface area (Å²) in [4.78, 5) is 29.9. The average molecular weight is 670 g/mol. The second-order valence-electron chi connectivity index (χ2n) is 13.7. The zero-order valence-electron chi connectivity index (χ0n) is 29.6. The molecule has 1 atom stereocenters. The molecular weight excluding hydrogens is 614 g/mol. The molecule has 1 amide bonds. The number of unbranched alkanes of at least 4 members (excludes halogenated alkanes) is 4. The number of imidazole rings is 1. The number of hydrogen-bond donors (Lipinski definition) is 1. The van der Waals surface area contributed by atoms with E-state index in [0.717, 1.165) is 52.7 Å². The van der Waals surface area contributed by atoms with Gasteiger partial charge in [-0.05, 0) is 75.8 Å². The zero-order chi connectivity index (χ0) is 34.5. The molecule has 2 aromatic carbocycles. The Bertz CT molecular complexity index is 1390. The molecule has 3 aromatic rings. The molecule has 0 aliphatic heterocycles. The number of ether oxygens (including phenoxy) is 4. The molecule has 260 valence electrons. The molecule has 0 radical (unpaired) electrons. The summed E-state index contributed by atoms with van der Waals surface area (Å²) in [5.74, 6) is 2.12. The van der Waals surface area contributed by atoms with E-state index in [4.69, 9.17) is 23.9 Å². The molecule has 0 spiro atoms. The van der Waals surface area contributed by atoms with Crippen LogP contribution in [-0.4, -0.2) is 78.1 Å². The number of amides is 1. The number of methoxy groups -OCH3 is 1. The highest BCUT2D eigenvalue weighted by Gasteiger charge is 2.25. The van der Waals surface area contributed by atoms with Crippen molar-refractivity contribution >= 4 is 22.1 Å². The Morgan fingerprint density at radius 1 is 0.915 bits per heavy atom. The van der Waals surface area contributed by atoms with Crippen LogP contribution in [0, 0.1) is 0 Å². The Labute approximate surface area is 283 Å². The van der Waals surface area contributed by atoms with Gasteiger partial charge in [-0.1, -0.05) is 56.9 Å². The van der Waals surface area contributed by atoms with Crippen LogP contribution in [0.1, 0.15) is 65.4 Å². The smallest absolute Gasteiger partial charge is 0.408 e. The normalized spacial score (nSPS) is 12.8. The van der Waals surface area contributed by atoms with Gasteiger partial charge in [-0.15, -0.1) is 0 Å². The summed E-state index contributed by atoms with van der Waals surface area (Å²) in [5, 5.41) is 2.64. The van der Waals surface area contributed by atoms with Crippen LogP contribution in [0.4, 0.5) is 4.79 Å². The van der Waals surface area contributed by atoms with E-state index >= 15 is 0 Å². The van der Waals surface area contributed by atoms with E-state index in [1.54, 1.807) is 20.8 Å². The number of alkyl carbamates (subject to hydrolysis) is 1. The topological polar surface area (TPSA) is 101 Å². The van der Waals surface area contributed by atoms with Gasteiger partial charge in [-0.25, -0.2) is 24.6 Å².